The Morgan fingerprint density at radius 3 is 1.95 bits per heavy atom. The molecule has 0 aliphatic heterocycles. The summed E-state index contributed by atoms with van der Waals surface area (Å²) in [5.74, 6) is 0. The average molecular weight is 302 g/mol. The molecule has 0 bridgehead atoms. The molecule has 0 aliphatic carbocycles. The van der Waals surface area contributed by atoms with Gasteiger partial charge in [0, 0.05) is 0 Å². The molecule has 0 atom stereocenters. The minimum Gasteiger partial charge on any atom is -0.430 e. The van der Waals surface area contributed by atoms with Gasteiger partial charge in [-0.3, -0.25) is 0 Å². The van der Waals surface area contributed by atoms with E-state index in [4.69, 9.17) is 13.9 Å². The molecule has 0 saturated carbocycles. The fourth-order valence-corrected chi connectivity index (χ4v) is 1.98. The number of hydrogen-bond donors (Lipinski definition) is 0. The molecule has 0 aromatic carbocycles. The second-order valence-corrected chi connectivity index (χ2v) is 12.4. The zero-order valence-corrected chi connectivity index (χ0v) is 15.3. The van der Waals surface area contributed by atoms with Crippen LogP contribution in [0.5, 0.6) is 0 Å². The maximum atomic E-state index is 11.4. The zero-order chi connectivity index (χ0) is 16.2. The summed E-state index contributed by atoms with van der Waals surface area (Å²) < 4.78 is 16.1. The Hall–Kier alpha value is -0.813. The van der Waals surface area contributed by atoms with Crippen LogP contribution in [0.3, 0.4) is 0 Å². The molecule has 118 valence electrons. The van der Waals surface area contributed by atoms with E-state index in [9.17, 15) is 4.79 Å². The van der Waals surface area contributed by atoms with Gasteiger partial charge in [-0.05, 0) is 44.5 Å². The Bertz CT molecular complexity index is 348. The molecule has 20 heavy (non-hydrogen) atoms. The zero-order valence-electron chi connectivity index (χ0n) is 14.3. The molecule has 0 aliphatic rings. The highest BCUT2D eigenvalue weighted by molar-refractivity contribution is 6.74. The van der Waals surface area contributed by atoms with E-state index in [0.29, 0.717) is 6.61 Å². The van der Waals surface area contributed by atoms with Gasteiger partial charge in [-0.15, -0.1) is 0 Å². The molecule has 0 fully saturated rings. The molecular formula is C15H30O4Si. The third-order valence-electron chi connectivity index (χ3n) is 3.23. The van der Waals surface area contributed by atoms with Gasteiger partial charge >= 0.3 is 6.16 Å². The molecule has 0 amide bonds. The molecule has 0 spiro atoms. The van der Waals surface area contributed by atoms with Crippen LogP contribution in [0.25, 0.3) is 0 Å². The standard InChI is InChI=1S/C15H30O4Si/c1-12(10-17-13(16)19-14(2,3)4)11-18-20(8,9)15(5,6)7/h1,10-11H2,2-9H3. The lowest BCUT2D eigenvalue weighted by Gasteiger charge is -2.36. The van der Waals surface area contributed by atoms with Crippen LogP contribution in [0.4, 0.5) is 4.79 Å². The molecule has 0 unspecified atom stereocenters. The van der Waals surface area contributed by atoms with Gasteiger partial charge < -0.3 is 13.9 Å². The average Bonchev–Trinajstić information content (AvgIpc) is 2.19. The summed E-state index contributed by atoms with van der Waals surface area (Å²) in [4.78, 5) is 11.4. The van der Waals surface area contributed by atoms with Crippen LogP contribution < -0.4 is 0 Å². The minimum atomic E-state index is -1.79. The van der Waals surface area contributed by atoms with Gasteiger partial charge in [0.05, 0.1) is 6.61 Å². The molecule has 0 heterocycles. The Morgan fingerprint density at radius 1 is 1.05 bits per heavy atom. The van der Waals surface area contributed by atoms with Gasteiger partial charge in [-0.25, -0.2) is 4.79 Å². The fourth-order valence-electron chi connectivity index (χ4n) is 0.981. The molecule has 0 N–H and O–H groups in total. The molecule has 0 radical (unpaired) electrons. The van der Waals surface area contributed by atoms with Crippen molar-refractivity contribution in [2.24, 2.45) is 0 Å². The van der Waals surface area contributed by atoms with E-state index >= 15 is 0 Å². The summed E-state index contributed by atoms with van der Waals surface area (Å²) >= 11 is 0. The van der Waals surface area contributed by atoms with Gasteiger partial charge in [0.1, 0.15) is 12.2 Å². The van der Waals surface area contributed by atoms with E-state index < -0.39 is 20.1 Å². The lowest BCUT2D eigenvalue weighted by molar-refractivity contribution is -0.00401. The lowest BCUT2D eigenvalue weighted by Crippen LogP contribution is -2.41. The normalized spacial score (nSPS) is 13.0. The van der Waals surface area contributed by atoms with Gasteiger partial charge in [-0.1, -0.05) is 27.4 Å². The topological polar surface area (TPSA) is 44.8 Å². The first-order chi connectivity index (χ1) is 8.74. The number of ether oxygens (including phenoxy) is 2. The molecule has 5 heteroatoms. The predicted octanol–water partition coefficient (Wildman–Crippen LogP) is 4.52. The second kappa shape index (κ2) is 6.76. The molecular weight excluding hydrogens is 272 g/mol. The maximum absolute atomic E-state index is 11.4. The molecule has 0 aromatic rings. The quantitative estimate of drug-likeness (QED) is 0.425. The van der Waals surface area contributed by atoms with E-state index in [1.54, 1.807) is 20.8 Å². The van der Waals surface area contributed by atoms with Crippen molar-refractivity contribution in [3.05, 3.63) is 12.2 Å². The SMILES string of the molecule is C=C(COC(=O)OC(C)(C)C)CO[Si](C)(C)C(C)(C)C. The Balaban J connectivity index is 4.12. The van der Waals surface area contributed by atoms with Crippen molar-refractivity contribution in [3.63, 3.8) is 0 Å². The largest absolute Gasteiger partial charge is 0.509 e. The van der Waals surface area contributed by atoms with Crippen molar-refractivity contribution >= 4 is 14.5 Å². The molecule has 0 saturated heterocycles. The highest BCUT2D eigenvalue weighted by atomic mass is 28.4. The van der Waals surface area contributed by atoms with E-state index in [0.717, 1.165) is 5.57 Å². The third-order valence-corrected chi connectivity index (χ3v) is 7.71. The Labute approximate surface area is 124 Å². The number of carbonyl (C=O) groups is 1. The summed E-state index contributed by atoms with van der Waals surface area (Å²) in [6.07, 6.45) is -0.675. The first kappa shape index (κ1) is 19.2. The highest BCUT2D eigenvalue weighted by Gasteiger charge is 2.37. The molecule has 0 rings (SSSR count). The monoisotopic (exact) mass is 302 g/mol. The summed E-state index contributed by atoms with van der Waals surface area (Å²) in [6.45, 7) is 20.7. The van der Waals surface area contributed by atoms with Crippen molar-refractivity contribution in [3.8, 4) is 0 Å². The number of rotatable bonds is 5. The van der Waals surface area contributed by atoms with E-state index in [1.807, 2.05) is 0 Å². The summed E-state index contributed by atoms with van der Waals surface area (Å²) in [6, 6.07) is 0. The summed E-state index contributed by atoms with van der Waals surface area (Å²) in [5, 5.41) is 0.152. The predicted molar refractivity (Wildman–Crippen MR) is 84.5 cm³/mol. The van der Waals surface area contributed by atoms with E-state index in [2.05, 4.69) is 40.4 Å². The first-order valence-electron chi connectivity index (χ1n) is 6.91. The fraction of sp³-hybridized carbons (Fsp3) is 0.800. The first-order valence-corrected chi connectivity index (χ1v) is 9.82. The van der Waals surface area contributed by atoms with Crippen LogP contribution in [0.15, 0.2) is 12.2 Å². The van der Waals surface area contributed by atoms with E-state index in [-0.39, 0.29) is 11.6 Å². The smallest absolute Gasteiger partial charge is 0.430 e. The lowest BCUT2D eigenvalue weighted by atomic mass is 10.2. The summed E-state index contributed by atoms with van der Waals surface area (Å²) in [7, 11) is -1.79. The number of hydrogen-bond acceptors (Lipinski definition) is 4. The molecule has 4 nitrogen and oxygen atoms in total. The third kappa shape index (κ3) is 7.70. The number of carbonyl (C=O) groups excluding carboxylic acids is 1. The highest BCUT2D eigenvalue weighted by Crippen LogP contribution is 2.36. The van der Waals surface area contributed by atoms with Crippen LogP contribution in [-0.4, -0.2) is 33.3 Å². The van der Waals surface area contributed by atoms with Crippen molar-refractivity contribution in [2.45, 2.75) is 65.3 Å². The van der Waals surface area contributed by atoms with Gasteiger partial charge in [-0.2, -0.15) is 0 Å². The van der Waals surface area contributed by atoms with Crippen LogP contribution in [-0.2, 0) is 13.9 Å². The van der Waals surface area contributed by atoms with Crippen LogP contribution in [0, 0.1) is 0 Å². The van der Waals surface area contributed by atoms with Crippen LogP contribution in [0.1, 0.15) is 41.5 Å². The van der Waals surface area contributed by atoms with E-state index in [1.165, 1.54) is 0 Å². The van der Waals surface area contributed by atoms with Crippen LogP contribution >= 0.6 is 0 Å². The summed E-state index contributed by atoms with van der Waals surface area (Å²) in [5.41, 5.74) is 0.191. The maximum Gasteiger partial charge on any atom is 0.509 e. The van der Waals surface area contributed by atoms with Gasteiger partial charge in [0.15, 0.2) is 8.32 Å². The molecule has 0 aromatic heterocycles. The Kier molecular flexibility index (Phi) is 6.49. The van der Waals surface area contributed by atoms with Gasteiger partial charge in [0.2, 0.25) is 0 Å². The Morgan fingerprint density at radius 2 is 1.55 bits per heavy atom. The van der Waals surface area contributed by atoms with Crippen molar-refractivity contribution in [1.82, 2.24) is 0 Å². The minimum absolute atomic E-state index is 0.129. The van der Waals surface area contributed by atoms with Crippen molar-refractivity contribution in [2.75, 3.05) is 13.2 Å². The van der Waals surface area contributed by atoms with Crippen molar-refractivity contribution in [1.29, 1.82) is 0 Å². The van der Waals surface area contributed by atoms with Crippen LogP contribution in [0.2, 0.25) is 18.1 Å². The van der Waals surface area contributed by atoms with Crippen molar-refractivity contribution < 1.29 is 18.7 Å². The van der Waals surface area contributed by atoms with Gasteiger partial charge in [0.25, 0.3) is 0 Å². The second-order valence-electron chi connectivity index (χ2n) is 7.55.